The van der Waals surface area contributed by atoms with E-state index >= 15 is 0 Å². The number of benzene rings is 3. The molecule has 0 saturated heterocycles. The number of ether oxygens (including phenoxy) is 1. The van der Waals surface area contributed by atoms with Crippen LogP contribution in [-0.2, 0) is 4.74 Å². The highest BCUT2D eigenvalue weighted by atomic mass is 35.5. The molecule has 146 valence electrons. The maximum Gasteiger partial charge on any atom is 0.411 e. The number of aryl methyl sites for hydroxylation is 1. The first kappa shape index (κ1) is 19.0. The highest BCUT2D eigenvalue weighted by Gasteiger charge is 2.29. The minimum Gasteiger partial charge on any atom is -0.478 e. The number of rotatable bonds is 4. The van der Waals surface area contributed by atoms with E-state index < -0.39 is 12.1 Å². The molecule has 0 bridgehead atoms. The van der Waals surface area contributed by atoms with Crippen LogP contribution in [0.3, 0.4) is 0 Å². The minimum absolute atomic E-state index is 0.0296. The number of hydrogen-bond donors (Lipinski definition) is 2. The van der Waals surface area contributed by atoms with Gasteiger partial charge in [-0.25, -0.2) is 9.59 Å². The monoisotopic (exact) mass is 407 g/mol. The third-order valence-electron chi connectivity index (χ3n) is 5.04. The molecule has 4 rings (SSSR count). The summed E-state index contributed by atoms with van der Waals surface area (Å²) in [4.78, 5) is 23.9. The number of anilines is 1. The largest absolute Gasteiger partial charge is 0.478 e. The van der Waals surface area contributed by atoms with E-state index in [-0.39, 0.29) is 28.8 Å². The zero-order chi connectivity index (χ0) is 20.5. The normalized spacial score (nSPS) is 12.2. The van der Waals surface area contributed by atoms with Crippen LogP contribution >= 0.6 is 11.6 Å². The van der Waals surface area contributed by atoms with Gasteiger partial charge < -0.3 is 9.84 Å². The number of carbonyl (C=O) groups excluding carboxylic acids is 1. The van der Waals surface area contributed by atoms with Crippen molar-refractivity contribution in [1.82, 2.24) is 0 Å². The summed E-state index contributed by atoms with van der Waals surface area (Å²) in [5, 5.41) is 12.0. The minimum atomic E-state index is -1.18. The van der Waals surface area contributed by atoms with E-state index in [0.717, 1.165) is 22.3 Å². The fourth-order valence-electron chi connectivity index (χ4n) is 3.77. The molecule has 0 atom stereocenters. The second-order valence-electron chi connectivity index (χ2n) is 6.93. The lowest BCUT2D eigenvalue weighted by Crippen LogP contribution is -2.19. The number of amides is 1. The van der Waals surface area contributed by atoms with E-state index in [0.29, 0.717) is 5.56 Å². The molecule has 3 aromatic carbocycles. The number of carbonyl (C=O) groups is 2. The van der Waals surface area contributed by atoms with E-state index in [4.69, 9.17) is 16.3 Å². The third-order valence-corrected chi connectivity index (χ3v) is 5.33. The Labute approximate surface area is 172 Å². The van der Waals surface area contributed by atoms with Crippen LogP contribution < -0.4 is 5.32 Å². The fraction of sp³-hybridized carbons (Fsp3) is 0.130. The van der Waals surface area contributed by atoms with Crippen molar-refractivity contribution in [3.8, 4) is 11.1 Å². The quantitative estimate of drug-likeness (QED) is 0.581. The summed E-state index contributed by atoms with van der Waals surface area (Å²) in [6.07, 6.45) is -0.750. The van der Waals surface area contributed by atoms with Crippen LogP contribution in [0.15, 0.2) is 60.7 Å². The lowest BCUT2D eigenvalue weighted by atomic mass is 9.98. The lowest BCUT2D eigenvalue weighted by Gasteiger charge is -2.16. The summed E-state index contributed by atoms with van der Waals surface area (Å²) in [7, 11) is 0. The van der Waals surface area contributed by atoms with Crippen molar-refractivity contribution in [3.63, 3.8) is 0 Å². The molecule has 0 saturated carbocycles. The Bertz CT molecular complexity index is 1080. The van der Waals surface area contributed by atoms with Gasteiger partial charge in [-0.15, -0.1) is 0 Å². The second-order valence-corrected chi connectivity index (χ2v) is 7.33. The summed E-state index contributed by atoms with van der Waals surface area (Å²) < 4.78 is 5.46. The summed E-state index contributed by atoms with van der Waals surface area (Å²) in [6, 6.07) is 19.1. The van der Waals surface area contributed by atoms with Crippen molar-refractivity contribution >= 4 is 29.4 Å². The molecule has 2 N–H and O–H groups in total. The second kappa shape index (κ2) is 7.60. The van der Waals surface area contributed by atoms with Crippen LogP contribution in [-0.4, -0.2) is 23.8 Å². The van der Waals surface area contributed by atoms with Crippen LogP contribution in [0.2, 0.25) is 5.02 Å². The average molecular weight is 408 g/mol. The van der Waals surface area contributed by atoms with Gasteiger partial charge in [0.1, 0.15) is 6.61 Å². The van der Waals surface area contributed by atoms with Crippen LogP contribution in [0.5, 0.6) is 0 Å². The highest BCUT2D eigenvalue weighted by molar-refractivity contribution is 6.34. The molecular weight excluding hydrogens is 390 g/mol. The molecule has 0 aliphatic heterocycles. The topological polar surface area (TPSA) is 75.6 Å². The van der Waals surface area contributed by atoms with Crippen LogP contribution in [0.4, 0.5) is 10.5 Å². The van der Waals surface area contributed by atoms with E-state index in [2.05, 4.69) is 17.4 Å². The number of halogens is 1. The van der Waals surface area contributed by atoms with Gasteiger partial charge >= 0.3 is 12.1 Å². The zero-order valence-corrected chi connectivity index (χ0v) is 16.4. The average Bonchev–Trinajstić information content (AvgIpc) is 3.02. The van der Waals surface area contributed by atoms with Gasteiger partial charge in [0.25, 0.3) is 0 Å². The Kier molecular flexibility index (Phi) is 4.99. The Balaban J connectivity index is 1.54. The number of nitrogens with one attached hydrogen (secondary N) is 1. The van der Waals surface area contributed by atoms with E-state index in [1.807, 2.05) is 36.4 Å². The summed E-state index contributed by atoms with van der Waals surface area (Å²) in [5.74, 6) is -1.26. The van der Waals surface area contributed by atoms with Gasteiger partial charge in [-0.2, -0.15) is 0 Å². The van der Waals surface area contributed by atoms with Gasteiger partial charge in [-0.3, -0.25) is 5.32 Å². The van der Waals surface area contributed by atoms with Crippen LogP contribution in [0.1, 0.15) is 33.0 Å². The first-order valence-corrected chi connectivity index (χ1v) is 9.49. The number of carboxylic acid groups (broad SMARTS) is 1. The van der Waals surface area contributed by atoms with Crippen molar-refractivity contribution in [2.45, 2.75) is 12.8 Å². The van der Waals surface area contributed by atoms with E-state index in [1.165, 1.54) is 6.07 Å². The predicted octanol–water partition coefficient (Wildman–Crippen LogP) is 5.71. The molecule has 29 heavy (non-hydrogen) atoms. The summed E-state index contributed by atoms with van der Waals surface area (Å²) in [5.41, 5.74) is 5.09. The molecule has 5 nitrogen and oxygen atoms in total. The number of hydrogen-bond acceptors (Lipinski definition) is 3. The Morgan fingerprint density at radius 2 is 1.62 bits per heavy atom. The molecule has 6 heteroatoms. The molecule has 0 aromatic heterocycles. The highest BCUT2D eigenvalue weighted by Crippen LogP contribution is 2.44. The first-order chi connectivity index (χ1) is 14.0. The third kappa shape index (κ3) is 3.57. The smallest absolute Gasteiger partial charge is 0.411 e. The number of aromatic carboxylic acids is 1. The lowest BCUT2D eigenvalue weighted by molar-refractivity contribution is 0.0698. The van der Waals surface area contributed by atoms with Crippen molar-refractivity contribution in [2.24, 2.45) is 0 Å². The van der Waals surface area contributed by atoms with E-state index in [9.17, 15) is 14.7 Å². The Hall–Kier alpha value is -3.31. The number of fused-ring (bicyclic) bond motifs is 3. The summed E-state index contributed by atoms with van der Waals surface area (Å²) in [6.45, 7) is 1.86. The Morgan fingerprint density at radius 3 is 2.21 bits per heavy atom. The van der Waals surface area contributed by atoms with Crippen molar-refractivity contribution in [1.29, 1.82) is 0 Å². The van der Waals surface area contributed by atoms with Gasteiger partial charge in [0.15, 0.2) is 0 Å². The number of carboxylic acids is 1. The maximum absolute atomic E-state index is 12.4. The van der Waals surface area contributed by atoms with Crippen LogP contribution in [0, 0.1) is 6.92 Å². The first-order valence-electron chi connectivity index (χ1n) is 9.11. The molecule has 1 aliphatic carbocycles. The molecule has 1 amide bonds. The van der Waals surface area contributed by atoms with Crippen molar-refractivity contribution in [3.05, 3.63) is 87.9 Å². The van der Waals surface area contributed by atoms with Crippen molar-refractivity contribution < 1.29 is 19.4 Å². The molecule has 1 aliphatic rings. The predicted molar refractivity (Wildman–Crippen MR) is 112 cm³/mol. The zero-order valence-electron chi connectivity index (χ0n) is 15.6. The SMILES string of the molecule is Cc1cc(Cl)c(NC(=O)OCC2c3ccccc3-c3ccccc32)c(C(=O)O)c1. The fourth-order valence-corrected chi connectivity index (χ4v) is 4.10. The van der Waals surface area contributed by atoms with Gasteiger partial charge in [0, 0.05) is 5.92 Å². The van der Waals surface area contributed by atoms with Gasteiger partial charge in [0.2, 0.25) is 0 Å². The molecular formula is C23H18ClNO4. The Morgan fingerprint density at radius 1 is 1.03 bits per heavy atom. The molecule has 0 radical (unpaired) electrons. The maximum atomic E-state index is 12.4. The van der Waals surface area contributed by atoms with Crippen molar-refractivity contribution in [2.75, 3.05) is 11.9 Å². The summed E-state index contributed by atoms with van der Waals surface area (Å²) >= 11 is 6.15. The van der Waals surface area contributed by atoms with Gasteiger partial charge in [-0.1, -0.05) is 60.1 Å². The molecule has 0 spiro atoms. The standard InChI is InChI=1S/C23H18ClNO4/c1-13-10-18(22(26)27)21(20(24)11-13)25-23(28)29-12-19-16-8-4-2-6-14(16)15-7-3-5-9-17(15)19/h2-11,19H,12H2,1H3,(H,25,28)(H,26,27). The molecule has 0 fully saturated rings. The van der Waals surface area contributed by atoms with Crippen LogP contribution in [0.25, 0.3) is 11.1 Å². The molecule has 0 unspecified atom stereocenters. The molecule has 0 heterocycles. The van der Waals surface area contributed by atoms with E-state index in [1.54, 1.807) is 13.0 Å². The van der Waals surface area contributed by atoms with Gasteiger partial charge in [-0.05, 0) is 46.9 Å². The molecule has 3 aromatic rings. The van der Waals surface area contributed by atoms with Gasteiger partial charge in [0.05, 0.1) is 16.3 Å².